The van der Waals surface area contributed by atoms with Crippen molar-refractivity contribution in [3.63, 3.8) is 0 Å². The molecule has 2 aliphatic heterocycles. The summed E-state index contributed by atoms with van der Waals surface area (Å²) in [5, 5.41) is 0. The van der Waals surface area contributed by atoms with Crippen molar-refractivity contribution in [2.24, 2.45) is 5.92 Å². The van der Waals surface area contributed by atoms with Crippen LogP contribution in [-0.4, -0.2) is 94.4 Å². The number of ether oxygens (including phenoxy) is 3. The summed E-state index contributed by atoms with van der Waals surface area (Å²) in [6, 6.07) is 6.50. The molecule has 7 nitrogen and oxygen atoms in total. The van der Waals surface area contributed by atoms with Crippen LogP contribution in [0.5, 0.6) is 11.5 Å². The molecule has 0 aromatic heterocycles. The maximum absolute atomic E-state index is 11.8. The van der Waals surface area contributed by atoms with E-state index in [1.807, 2.05) is 12.1 Å². The summed E-state index contributed by atoms with van der Waals surface area (Å²) < 4.78 is 15.9. The number of nitrogens with zero attached hydrogens (tertiary/aromatic N) is 3. The zero-order chi connectivity index (χ0) is 21.5. The standard InChI is InChI=1S/C23H37N3O4/c1-24-11-13-26(14-12-24)21-9-10-25(16-18(21)5-8-23(27)30-4)17-19-15-20(28-2)6-7-22(19)29-3/h6-7,15,18,21H,5,8-14,16-17H2,1-4H3/t18-,21+/m0/s1. The first-order valence-electron chi connectivity index (χ1n) is 11.0. The van der Waals surface area contributed by atoms with Gasteiger partial charge in [-0.25, -0.2) is 0 Å². The van der Waals surface area contributed by atoms with E-state index < -0.39 is 0 Å². The molecule has 3 rings (SSSR count). The van der Waals surface area contributed by atoms with Gasteiger partial charge >= 0.3 is 5.97 Å². The molecule has 0 bridgehead atoms. The molecule has 7 heteroatoms. The van der Waals surface area contributed by atoms with Gasteiger partial charge in [-0.1, -0.05) is 0 Å². The number of likely N-dealkylation sites (N-methyl/N-ethyl adjacent to an activating group) is 1. The normalized spacial score (nSPS) is 23.9. The maximum atomic E-state index is 11.8. The second kappa shape index (κ2) is 11.0. The minimum absolute atomic E-state index is 0.112. The van der Waals surface area contributed by atoms with E-state index in [-0.39, 0.29) is 5.97 Å². The Hall–Kier alpha value is -1.83. The predicted octanol–water partition coefficient (Wildman–Crippen LogP) is 2.09. The average Bonchev–Trinajstić information content (AvgIpc) is 2.78. The summed E-state index contributed by atoms with van der Waals surface area (Å²) in [6.07, 6.45) is 2.49. The van der Waals surface area contributed by atoms with E-state index in [1.54, 1.807) is 14.2 Å². The Morgan fingerprint density at radius 2 is 1.83 bits per heavy atom. The van der Waals surface area contributed by atoms with Crippen molar-refractivity contribution in [2.45, 2.75) is 31.8 Å². The highest BCUT2D eigenvalue weighted by atomic mass is 16.5. The molecule has 0 unspecified atom stereocenters. The summed E-state index contributed by atoms with van der Waals surface area (Å²) in [7, 11) is 7.07. The van der Waals surface area contributed by atoms with Crippen LogP contribution < -0.4 is 9.47 Å². The first-order valence-corrected chi connectivity index (χ1v) is 11.0. The van der Waals surface area contributed by atoms with Crippen LogP contribution in [0.15, 0.2) is 18.2 Å². The molecule has 1 aromatic carbocycles. The van der Waals surface area contributed by atoms with Crippen LogP contribution in [0.1, 0.15) is 24.8 Å². The van der Waals surface area contributed by atoms with E-state index in [2.05, 4.69) is 27.8 Å². The predicted molar refractivity (Wildman–Crippen MR) is 117 cm³/mol. The fraction of sp³-hybridized carbons (Fsp3) is 0.696. The summed E-state index contributed by atoms with van der Waals surface area (Å²) >= 11 is 0. The van der Waals surface area contributed by atoms with Gasteiger partial charge in [0.2, 0.25) is 0 Å². The third kappa shape index (κ3) is 5.86. The van der Waals surface area contributed by atoms with Crippen LogP contribution in [0.25, 0.3) is 0 Å². The van der Waals surface area contributed by atoms with Gasteiger partial charge in [0.1, 0.15) is 11.5 Å². The van der Waals surface area contributed by atoms with E-state index in [4.69, 9.17) is 14.2 Å². The second-order valence-corrected chi connectivity index (χ2v) is 8.48. The van der Waals surface area contributed by atoms with Gasteiger partial charge in [0.25, 0.3) is 0 Å². The molecule has 0 amide bonds. The number of rotatable bonds is 8. The van der Waals surface area contributed by atoms with Gasteiger partial charge in [0, 0.05) is 57.3 Å². The summed E-state index contributed by atoms with van der Waals surface area (Å²) in [5.74, 6) is 2.08. The number of piperazine rings is 1. The molecular weight excluding hydrogens is 382 g/mol. The summed E-state index contributed by atoms with van der Waals surface area (Å²) in [5.41, 5.74) is 1.14. The Morgan fingerprint density at radius 3 is 2.50 bits per heavy atom. The quantitative estimate of drug-likeness (QED) is 0.598. The minimum Gasteiger partial charge on any atom is -0.497 e. The third-order valence-electron chi connectivity index (χ3n) is 6.61. The maximum Gasteiger partial charge on any atom is 0.305 e. The number of methoxy groups -OCH3 is 3. The Bertz CT molecular complexity index is 691. The van der Waals surface area contributed by atoms with Crippen LogP contribution in [0.4, 0.5) is 0 Å². The summed E-state index contributed by atoms with van der Waals surface area (Å²) in [4.78, 5) is 19.3. The number of esters is 1. The van der Waals surface area contributed by atoms with Crippen molar-refractivity contribution in [3.05, 3.63) is 23.8 Å². The van der Waals surface area contributed by atoms with Gasteiger partial charge in [0.05, 0.1) is 21.3 Å². The molecule has 0 saturated carbocycles. The fourth-order valence-corrected chi connectivity index (χ4v) is 4.81. The molecule has 0 radical (unpaired) electrons. The lowest BCUT2D eigenvalue weighted by Gasteiger charge is -2.46. The molecule has 0 spiro atoms. The molecular formula is C23H37N3O4. The van der Waals surface area contributed by atoms with Gasteiger partial charge < -0.3 is 19.1 Å². The lowest BCUT2D eigenvalue weighted by atomic mass is 9.86. The van der Waals surface area contributed by atoms with Crippen molar-refractivity contribution in [3.8, 4) is 11.5 Å². The van der Waals surface area contributed by atoms with Crippen LogP contribution in [-0.2, 0) is 16.1 Å². The second-order valence-electron chi connectivity index (χ2n) is 8.48. The molecule has 2 atom stereocenters. The molecule has 168 valence electrons. The molecule has 1 aromatic rings. The number of hydrogen-bond acceptors (Lipinski definition) is 7. The van der Waals surface area contributed by atoms with E-state index in [0.717, 1.165) is 75.7 Å². The van der Waals surface area contributed by atoms with E-state index >= 15 is 0 Å². The topological polar surface area (TPSA) is 54.5 Å². The Labute approximate surface area is 180 Å². The van der Waals surface area contributed by atoms with Crippen molar-refractivity contribution >= 4 is 5.97 Å². The van der Waals surface area contributed by atoms with Gasteiger partial charge in [-0.15, -0.1) is 0 Å². The zero-order valence-corrected chi connectivity index (χ0v) is 18.9. The van der Waals surface area contributed by atoms with Crippen LogP contribution in [0, 0.1) is 5.92 Å². The molecule has 0 N–H and O–H groups in total. The van der Waals surface area contributed by atoms with Crippen molar-refractivity contribution in [1.82, 2.24) is 14.7 Å². The average molecular weight is 420 g/mol. The van der Waals surface area contributed by atoms with E-state index in [9.17, 15) is 4.79 Å². The van der Waals surface area contributed by atoms with E-state index in [0.29, 0.717) is 18.4 Å². The highest BCUT2D eigenvalue weighted by Gasteiger charge is 2.34. The van der Waals surface area contributed by atoms with Gasteiger partial charge in [0.15, 0.2) is 0 Å². The number of carbonyl (C=O) groups is 1. The van der Waals surface area contributed by atoms with Crippen LogP contribution >= 0.6 is 0 Å². The van der Waals surface area contributed by atoms with Gasteiger partial charge in [-0.2, -0.15) is 0 Å². The van der Waals surface area contributed by atoms with Gasteiger partial charge in [-0.05, 0) is 50.6 Å². The van der Waals surface area contributed by atoms with Crippen molar-refractivity contribution in [1.29, 1.82) is 0 Å². The lowest BCUT2D eigenvalue weighted by molar-refractivity contribution is -0.141. The SMILES string of the molecule is COC(=O)CC[C@H]1CN(Cc2cc(OC)ccc2OC)CC[C@H]1N1CCN(C)CC1. The minimum atomic E-state index is -0.112. The van der Waals surface area contributed by atoms with E-state index in [1.165, 1.54) is 7.11 Å². The van der Waals surface area contributed by atoms with Crippen LogP contribution in [0.3, 0.4) is 0 Å². The number of piperidine rings is 1. The zero-order valence-electron chi connectivity index (χ0n) is 18.9. The first-order chi connectivity index (χ1) is 14.5. The highest BCUT2D eigenvalue weighted by molar-refractivity contribution is 5.69. The molecule has 2 aliphatic rings. The largest absolute Gasteiger partial charge is 0.497 e. The molecule has 2 fully saturated rings. The molecule has 0 aliphatic carbocycles. The number of hydrogen-bond donors (Lipinski definition) is 0. The van der Waals surface area contributed by atoms with Gasteiger partial charge in [-0.3, -0.25) is 14.6 Å². The third-order valence-corrected chi connectivity index (χ3v) is 6.61. The molecule has 2 saturated heterocycles. The molecule has 2 heterocycles. The monoisotopic (exact) mass is 419 g/mol. The van der Waals surface area contributed by atoms with Crippen LogP contribution in [0.2, 0.25) is 0 Å². The lowest BCUT2D eigenvalue weighted by Crippen LogP contribution is -2.56. The van der Waals surface area contributed by atoms with Crippen molar-refractivity contribution < 1.29 is 19.0 Å². The highest BCUT2D eigenvalue weighted by Crippen LogP contribution is 2.31. The number of likely N-dealkylation sites (tertiary alicyclic amines) is 1. The Balaban J connectivity index is 1.69. The Morgan fingerprint density at radius 1 is 1.07 bits per heavy atom. The molecule has 30 heavy (non-hydrogen) atoms. The fourth-order valence-electron chi connectivity index (χ4n) is 4.81. The number of carbonyl (C=O) groups excluding carboxylic acids is 1. The van der Waals surface area contributed by atoms with Crippen molar-refractivity contribution in [2.75, 3.05) is 67.6 Å². The first kappa shape index (κ1) is 22.8. The Kier molecular flexibility index (Phi) is 8.36. The smallest absolute Gasteiger partial charge is 0.305 e. The summed E-state index contributed by atoms with van der Waals surface area (Å²) in [6.45, 7) is 7.31. The number of benzene rings is 1.